The molecular weight excluding hydrogens is 224 g/mol. The second-order valence-corrected chi connectivity index (χ2v) is 4.34. The van der Waals surface area contributed by atoms with E-state index in [0.29, 0.717) is 12.5 Å². The Bertz CT molecular complexity index is 441. The standard InChI is InChI=1S/C16H20O2/c1-5-12(2)15-6-8-16(9-7-15)13(3)10-11-18-14(4)17/h5-10,12H,1,11H2,2-4H3/b13-10+. The predicted octanol–water partition coefficient (Wildman–Crippen LogP) is 3.94. The van der Waals surface area contributed by atoms with Crippen molar-refractivity contribution in [2.75, 3.05) is 6.61 Å². The topological polar surface area (TPSA) is 26.3 Å². The molecule has 1 aromatic carbocycles. The Morgan fingerprint density at radius 3 is 2.44 bits per heavy atom. The summed E-state index contributed by atoms with van der Waals surface area (Å²) >= 11 is 0. The Morgan fingerprint density at radius 1 is 1.33 bits per heavy atom. The van der Waals surface area contributed by atoms with Crippen molar-refractivity contribution in [3.8, 4) is 0 Å². The fraction of sp³-hybridized carbons (Fsp3) is 0.312. The number of hydrogen-bond donors (Lipinski definition) is 0. The molecule has 0 aliphatic rings. The highest BCUT2D eigenvalue weighted by atomic mass is 16.5. The first-order valence-corrected chi connectivity index (χ1v) is 6.07. The molecule has 96 valence electrons. The van der Waals surface area contributed by atoms with Crippen LogP contribution in [-0.2, 0) is 9.53 Å². The van der Waals surface area contributed by atoms with E-state index >= 15 is 0 Å². The van der Waals surface area contributed by atoms with Gasteiger partial charge in [-0.15, -0.1) is 6.58 Å². The highest BCUT2D eigenvalue weighted by Crippen LogP contribution is 2.20. The predicted molar refractivity (Wildman–Crippen MR) is 75.3 cm³/mol. The number of rotatable bonds is 5. The fourth-order valence-corrected chi connectivity index (χ4v) is 1.59. The average Bonchev–Trinajstić information content (AvgIpc) is 2.37. The van der Waals surface area contributed by atoms with Gasteiger partial charge in [-0.3, -0.25) is 4.79 Å². The summed E-state index contributed by atoms with van der Waals surface area (Å²) < 4.78 is 4.88. The van der Waals surface area contributed by atoms with Crippen LogP contribution in [0.4, 0.5) is 0 Å². The first-order chi connectivity index (χ1) is 8.54. The highest BCUT2D eigenvalue weighted by Gasteiger charge is 2.01. The minimum atomic E-state index is -0.255. The van der Waals surface area contributed by atoms with Crippen molar-refractivity contribution >= 4 is 11.5 Å². The van der Waals surface area contributed by atoms with Crippen LogP contribution in [0.5, 0.6) is 0 Å². The average molecular weight is 244 g/mol. The molecule has 0 spiro atoms. The number of allylic oxidation sites excluding steroid dienone is 2. The third kappa shape index (κ3) is 4.21. The Hall–Kier alpha value is -1.83. The lowest BCUT2D eigenvalue weighted by Crippen LogP contribution is -1.98. The van der Waals surface area contributed by atoms with E-state index in [1.54, 1.807) is 0 Å². The second-order valence-electron chi connectivity index (χ2n) is 4.34. The molecule has 1 aromatic rings. The molecule has 0 radical (unpaired) electrons. The van der Waals surface area contributed by atoms with Crippen molar-refractivity contribution in [3.05, 3.63) is 54.1 Å². The maximum Gasteiger partial charge on any atom is 0.302 e. The lowest BCUT2D eigenvalue weighted by atomic mass is 9.98. The molecule has 0 saturated heterocycles. The summed E-state index contributed by atoms with van der Waals surface area (Å²) in [4.78, 5) is 10.7. The molecule has 0 saturated carbocycles. The van der Waals surface area contributed by atoms with E-state index in [2.05, 4.69) is 37.8 Å². The summed E-state index contributed by atoms with van der Waals surface area (Å²) in [5.74, 6) is 0.110. The first-order valence-electron chi connectivity index (χ1n) is 6.07. The molecule has 1 atom stereocenters. The van der Waals surface area contributed by atoms with E-state index in [4.69, 9.17) is 4.74 Å². The van der Waals surface area contributed by atoms with Crippen LogP contribution in [0, 0.1) is 0 Å². The van der Waals surface area contributed by atoms with Crippen LogP contribution in [-0.4, -0.2) is 12.6 Å². The lowest BCUT2D eigenvalue weighted by molar-refractivity contribution is -0.139. The van der Waals surface area contributed by atoms with Crippen LogP contribution in [0.3, 0.4) is 0 Å². The zero-order valence-corrected chi connectivity index (χ0v) is 11.3. The molecule has 2 nitrogen and oxygen atoms in total. The van der Waals surface area contributed by atoms with Crippen LogP contribution in [0.15, 0.2) is 43.0 Å². The van der Waals surface area contributed by atoms with Gasteiger partial charge in [-0.1, -0.05) is 37.3 Å². The zero-order chi connectivity index (χ0) is 13.5. The van der Waals surface area contributed by atoms with Gasteiger partial charge in [0.25, 0.3) is 0 Å². The molecule has 0 bridgehead atoms. The molecule has 0 amide bonds. The van der Waals surface area contributed by atoms with Gasteiger partial charge < -0.3 is 4.74 Å². The summed E-state index contributed by atoms with van der Waals surface area (Å²) in [5, 5.41) is 0. The smallest absolute Gasteiger partial charge is 0.302 e. The van der Waals surface area contributed by atoms with E-state index in [1.807, 2.05) is 19.1 Å². The zero-order valence-electron chi connectivity index (χ0n) is 11.3. The minimum Gasteiger partial charge on any atom is -0.462 e. The second kappa shape index (κ2) is 6.80. The van der Waals surface area contributed by atoms with Crippen molar-refractivity contribution in [2.45, 2.75) is 26.7 Å². The molecule has 0 heterocycles. The molecular formula is C16H20O2. The monoisotopic (exact) mass is 244 g/mol. The van der Waals surface area contributed by atoms with Crippen LogP contribution >= 0.6 is 0 Å². The lowest BCUT2D eigenvalue weighted by Gasteiger charge is -2.08. The number of esters is 1. The molecule has 18 heavy (non-hydrogen) atoms. The van der Waals surface area contributed by atoms with Crippen molar-refractivity contribution in [2.24, 2.45) is 0 Å². The van der Waals surface area contributed by atoms with Gasteiger partial charge in [-0.05, 0) is 35.6 Å². The van der Waals surface area contributed by atoms with E-state index in [0.717, 1.165) is 11.1 Å². The molecule has 0 N–H and O–H groups in total. The number of benzene rings is 1. The van der Waals surface area contributed by atoms with E-state index in [-0.39, 0.29) is 5.97 Å². The van der Waals surface area contributed by atoms with Gasteiger partial charge in [-0.2, -0.15) is 0 Å². The van der Waals surface area contributed by atoms with Crippen LogP contribution in [0.1, 0.15) is 37.8 Å². The number of hydrogen-bond acceptors (Lipinski definition) is 2. The maximum absolute atomic E-state index is 10.7. The molecule has 0 aliphatic carbocycles. The summed E-state index contributed by atoms with van der Waals surface area (Å²) in [7, 11) is 0. The summed E-state index contributed by atoms with van der Waals surface area (Å²) in [6.45, 7) is 9.65. The number of carbonyl (C=O) groups is 1. The first kappa shape index (κ1) is 14.2. The van der Waals surface area contributed by atoms with Crippen LogP contribution in [0.2, 0.25) is 0 Å². The van der Waals surface area contributed by atoms with Crippen LogP contribution in [0.25, 0.3) is 5.57 Å². The third-order valence-electron chi connectivity index (χ3n) is 2.92. The molecule has 0 aliphatic heterocycles. The van der Waals surface area contributed by atoms with E-state index < -0.39 is 0 Å². The molecule has 0 aromatic heterocycles. The third-order valence-corrected chi connectivity index (χ3v) is 2.92. The maximum atomic E-state index is 10.7. The highest BCUT2D eigenvalue weighted by molar-refractivity contribution is 5.67. The van der Waals surface area contributed by atoms with Crippen molar-refractivity contribution < 1.29 is 9.53 Å². The SMILES string of the molecule is C=CC(C)c1ccc(/C(C)=C/COC(C)=O)cc1. The molecule has 0 fully saturated rings. The Labute approximate surface area is 109 Å². The van der Waals surface area contributed by atoms with Gasteiger partial charge in [0.2, 0.25) is 0 Å². The molecule has 1 rings (SSSR count). The fourth-order valence-electron chi connectivity index (χ4n) is 1.59. The number of carbonyl (C=O) groups excluding carboxylic acids is 1. The van der Waals surface area contributed by atoms with E-state index in [1.165, 1.54) is 12.5 Å². The Morgan fingerprint density at radius 2 is 1.94 bits per heavy atom. The van der Waals surface area contributed by atoms with Gasteiger partial charge >= 0.3 is 5.97 Å². The van der Waals surface area contributed by atoms with Gasteiger partial charge in [-0.25, -0.2) is 0 Å². The largest absolute Gasteiger partial charge is 0.462 e. The van der Waals surface area contributed by atoms with Crippen molar-refractivity contribution in [1.29, 1.82) is 0 Å². The van der Waals surface area contributed by atoms with Gasteiger partial charge in [0.15, 0.2) is 0 Å². The summed E-state index contributed by atoms with van der Waals surface area (Å²) in [6.07, 6.45) is 3.84. The summed E-state index contributed by atoms with van der Waals surface area (Å²) in [5.41, 5.74) is 3.50. The Kier molecular flexibility index (Phi) is 5.37. The number of ether oxygens (including phenoxy) is 1. The van der Waals surface area contributed by atoms with Crippen LogP contribution < -0.4 is 0 Å². The Balaban J connectivity index is 2.72. The summed E-state index contributed by atoms with van der Waals surface area (Å²) in [6, 6.07) is 8.36. The molecule has 2 heteroatoms. The van der Waals surface area contributed by atoms with Crippen molar-refractivity contribution in [1.82, 2.24) is 0 Å². The normalized spacial score (nSPS) is 12.9. The molecule has 1 unspecified atom stereocenters. The quantitative estimate of drug-likeness (QED) is 0.579. The van der Waals surface area contributed by atoms with Gasteiger partial charge in [0.1, 0.15) is 6.61 Å². The van der Waals surface area contributed by atoms with Gasteiger partial charge in [0.05, 0.1) is 0 Å². The van der Waals surface area contributed by atoms with E-state index in [9.17, 15) is 4.79 Å². The van der Waals surface area contributed by atoms with Gasteiger partial charge in [0, 0.05) is 6.92 Å². The van der Waals surface area contributed by atoms with Crippen molar-refractivity contribution in [3.63, 3.8) is 0 Å². The minimum absolute atomic E-state index is 0.255.